The van der Waals surface area contributed by atoms with E-state index in [0.29, 0.717) is 11.4 Å². The van der Waals surface area contributed by atoms with Gasteiger partial charge in [-0.2, -0.15) is 0 Å². The van der Waals surface area contributed by atoms with Gasteiger partial charge in [0.25, 0.3) is 0 Å². The summed E-state index contributed by atoms with van der Waals surface area (Å²) in [6.07, 6.45) is 0.660. The number of para-hydroxylation sites is 2. The molecule has 1 aromatic carbocycles. The van der Waals surface area contributed by atoms with Crippen molar-refractivity contribution in [3.8, 4) is 5.75 Å². The summed E-state index contributed by atoms with van der Waals surface area (Å²) in [5.41, 5.74) is -0.560. The number of nitrogens with zero attached hydrogens (tertiary/aromatic N) is 2. The largest absolute Gasteiger partial charge is 0.495 e. The maximum absolute atomic E-state index is 12.8. The molecule has 0 radical (unpaired) electrons. The molecule has 1 amide bonds. The van der Waals surface area contributed by atoms with Gasteiger partial charge in [-0.05, 0) is 45.0 Å². The molecule has 0 atom stereocenters. The van der Waals surface area contributed by atoms with Gasteiger partial charge in [0.1, 0.15) is 16.9 Å². The highest BCUT2D eigenvalue weighted by molar-refractivity contribution is 6.03. The van der Waals surface area contributed by atoms with Crippen molar-refractivity contribution in [2.24, 2.45) is 0 Å². The summed E-state index contributed by atoms with van der Waals surface area (Å²) < 4.78 is 10.7. The molecular formula is C18H20N2O5. The zero-order chi connectivity index (χ0) is 18.6. The number of ether oxygens (including phenoxy) is 2. The van der Waals surface area contributed by atoms with Crippen molar-refractivity contribution in [1.82, 2.24) is 4.98 Å². The van der Waals surface area contributed by atoms with Crippen molar-refractivity contribution in [3.05, 3.63) is 48.2 Å². The van der Waals surface area contributed by atoms with E-state index in [-0.39, 0.29) is 11.4 Å². The summed E-state index contributed by atoms with van der Waals surface area (Å²) in [6, 6.07) is 9.60. The van der Waals surface area contributed by atoms with Gasteiger partial charge in [0.2, 0.25) is 0 Å². The Morgan fingerprint density at radius 3 is 2.40 bits per heavy atom. The summed E-state index contributed by atoms with van der Waals surface area (Å²) in [5, 5.41) is 9.45. The lowest BCUT2D eigenvalue weighted by Crippen LogP contribution is -2.35. The first kappa shape index (κ1) is 18.3. The van der Waals surface area contributed by atoms with Gasteiger partial charge in [-0.25, -0.2) is 19.5 Å². The zero-order valence-corrected chi connectivity index (χ0v) is 14.5. The Bertz CT molecular complexity index is 783. The molecule has 0 aliphatic heterocycles. The van der Waals surface area contributed by atoms with Crippen LogP contribution in [-0.2, 0) is 4.74 Å². The Morgan fingerprint density at radius 2 is 1.80 bits per heavy atom. The number of rotatable bonds is 4. The molecule has 0 unspecified atom stereocenters. The van der Waals surface area contributed by atoms with Crippen molar-refractivity contribution in [2.45, 2.75) is 26.4 Å². The Labute approximate surface area is 145 Å². The minimum atomic E-state index is -1.20. The van der Waals surface area contributed by atoms with Gasteiger partial charge in [0.15, 0.2) is 5.82 Å². The number of hydrogen-bond donors (Lipinski definition) is 1. The molecule has 25 heavy (non-hydrogen) atoms. The standard InChI is InChI=1S/C18H20N2O5/c1-18(2,3)25-17(23)20(13-9-5-6-10-14(13)24-4)15-12(16(21)22)8-7-11-19-15/h5-11H,1-4H3,(H,21,22). The molecule has 0 fully saturated rings. The second-order valence-corrected chi connectivity index (χ2v) is 6.17. The minimum Gasteiger partial charge on any atom is -0.495 e. The first-order valence-electron chi connectivity index (χ1n) is 7.59. The lowest BCUT2D eigenvalue weighted by atomic mass is 10.2. The van der Waals surface area contributed by atoms with Crippen molar-refractivity contribution >= 4 is 23.6 Å². The number of methoxy groups -OCH3 is 1. The van der Waals surface area contributed by atoms with Crippen LogP contribution in [0.25, 0.3) is 0 Å². The van der Waals surface area contributed by atoms with Crippen molar-refractivity contribution in [3.63, 3.8) is 0 Å². The molecule has 2 rings (SSSR count). The average Bonchev–Trinajstić information content (AvgIpc) is 2.54. The van der Waals surface area contributed by atoms with Crippen LogP contribution in [-0.4, -0.2) is 34.9 Å². The molecule has 0 aliphatic rings. The van der Waals surface area contributed by atoms with E-state index < -0.39 is 17.7 Å². The average molecular weight is 344 g/mol. The number of carbonyl (C=O) groups excluding carboxylic acids is 1. The third kappa shape index (κ3) is 4.26. The van der Waals surface area contributed by atoms with Gasteiger partial charge in [0, 0.05) is 6.20 Å². The third-order valence-corrected chi connectivity index (χ3v) is 3.13. The minimum absolute atomic E-state index is 0.0475. The quantitative estimate of drug-likeness (QED) is 0.906. The van der Waals surface area contributed by atoms with Crippen molar-refractivity contribution in [1.29, 1.82) is 0 Å². The Morgan fingerprint density at radius 1 is 1.12 bits per heavy atom. The number of aromatic carboxylic acids is 1. The summed E-state index contributed by atoms with van der Waals surface area (Å²) in [6.45, 7) is 5.17. The molecule has 132 valence electrons. The lowest BCUT2D eigenvalue weighted by Gasteiger charge is -2.28. The molecule has 0 spiro atoms. The maximum Gasteiger partial charge on any atom is 0.420 e. The van der Waals surface area contributed by atoms with E-state index in [2.05, 4.69) is 4.98 Å². The van der Waals surface area contributed by atoms with Gasteiger partial charge in [-0.15, -0.1) is 0 Å². The smallest absolute Gasteiger partial charge is 0.420 e. The van der Waals surface area contributed by atoms with Crippen molar-refractivity contribution < 1.29 is 24.2 Å². The van der Waals surface area contributed by atoms with E-state index in [9.17, 15) is 14.7 Å². The van der Waals surface area contributed by atoms with Gasteiger partial charge < -0.3 is 14.6 Å². The van der Waals surface area contributed by atoms with Crippen LogP contribution in [0.2, 0.25) is 0 Å². The summed E-state index contributed by atoms with van der Waals surface area (Å²) in [7, 11) is 1.46. The normalized spacial score (nSPS) is 10.9. The predicted molar refractivity (Wildman–Crippen MR) is 92.6 cm³/mol. The zero-order valence-electron chi connectivity index (χ0n) is 14.5. The second kappa shape index (κ2) is 7.21. The highest BCUT2D eigenvalue weighted by atomic mass is 16.6. The van der Waals surface area contributed by atoms with E-state index in [4.69, 9.17) is 9.47 Å². The molecule has 7 nitrogen and oxygen atoms in total. The summed E-state index contributed by atoms with van der Waals surface area (Å²) in [4.78, 5) is 29.6. The summed E-state index contributed by atoms with van der Waals surface area (Å²) in [5.74, 6) is -0.865. The lowest BCUT2D eigenvalue weighted by molar-refractivity contribution is 0.0597. The Hall–Kier alpha value is -3.09. The predicted octanol–water partition coefficient (Wildman–Crippen LogP) is 3.86. The van der Waals surface area contributed by atoms with Gasteiger partial charge in [0.05, 0.1) is 12.8 Å². The summed E-state index contributed by atoms with van der Waals surface area (Å²) >= 11 is 0. The Balaban J connectivity index is 2.65. The Kier molecular flexibility index (Phi) is 5.26. The van der Waals surface area contributed by atoms with Gasteiger partial charge in [-0.3, -0.25) is 0 Å². The SMILES string of the molecule is COc1ccccc1N(C(=O)OC(C)(C)C)c1ncccc1C(=O)O. The highest BCUT2D eigenvalue weighted by Crippen LogP contribution is 2.35. The maximum atomic E-state index is 12.8. The van der Waals surface area contributed by atoms with Crippen LogP contribution in [0.4, 0.5) is 16.3 Å². The number of carboxylic acids is 1. The fraction of sp³-hybridized carbons (Fsp3) is 0.278. The van der Waals surface area contributed by atoms with Crippen LogP contribution in [0.1, 0.15) is 31.1 Å². The van der Waals surface area contributed by atoms with Gasteiger partial charge in [-0.1, -0.05) is 12.1 Å². The number of pyridine rings is 1. The number of benzene rings is 1. The first-order chi connectivity index (χ1) is 11.7. The molecular weight excluding hydrogens is 324 g/mol. The number of aromatic nitrogens is 1. The highest BCUT2D eigenvalue weighted by Gasteiger charge is 2.30. The number of carboxylic acid groups (broad SMARTS) is 1. The second-order valence-electron chi connectivity index (χ2n) is 6.17. The van der Waals surface area contributed by atoms with Crippen molar-refractivity contribution in [2.75, 3.05) is 12.0 Å². The fourth-order valence-electron chi connectivity index (χ4n) is 2.16. The van der Waals surface area contributed by atoms with Crippen LogP contribution in [0.5, 0.6) is 5.75 Å². The van der Waals surface area contributed by atoms with Crippen LogP contribution in [0.15, 0.2) is 42.6 Å². The molecule has 0 aliphatic carbocycles. The van der Waals surface area contributed by atoms with E-state index in [1.165, 1.54) is 25.4 Å². The molecule has 0 bridgehead atoms. The topological polar surface area (TPSA) is 89.0 Å². The number of anilines is 2. The molecule has 0 saturated carbocycles. The van der Waals surface area contributed by atoms with Crippen LogP contribution < -0.4 is 9.64 Å². The fourth-order valence-corrected chi connectivity index (χ4v) is 2.16. The van der Waals surface area contributed by atoms with E-state index in [1.54, 1.807) is 45.0 Å². The monoisotopic (exact) mass is 344 g/mol. The molecule has 2 aromatic rings. The molecule has 0 saturated heterocycles. The van der Waals surface area contributed by atoms with Crippen LogP contribution in [0, 0.1) is 0 Å². The molecule has 7 heteroatoms. The molecule has 1 N–H and O–H groups in total. The first-order valence-corrected chi connectivity index (χ1v) is 7.59. The van der Waals surface area contributed by atoms with E-state index in [0.717, 1.165) is 4.90 Å². The van der Waals surface area contributed by atoms with Crippen LogP contribution >= 0.6 is 0 Å². The third-order valence-electron chi connectivity index (χ3n) is 3.13. The molecule has 1 aromatic heterocycles. The number of amides is 1. The van der Waals surface area contributed by atoms with E-state index >= 15 is 0 Å². The molecule has 1 heterocycles. The number of carbonyl (C=O) groups is 2. The number of hydrogen-bond acceptors (Lipinski definition) is 5. The van der Waals surface area contributed by atoms with E-state index in [1.807, 2.05) is 0 Å². The van der Waals surface area contributed by atoms with Gasteiger partial charge >= 0.3 is 12.1 Å². The van der Waals surface area contributed by atoms with Crippen LogP contribution in [0.3, 0.4) is 0 Å².